The molecule has 2 nitrogen and oxygen atoms in total. The molecule has 9 heavy (non-hydrogen) atoms. The Labute approximate surface area is 60.2 Å². The molecule has 2 N–H and O–H groups in total. The molecule has 0 saturated carbocycles. The Kier molecular flexibility index (Phi) is 6.09. The minimum atomic E-state index is 0.262. The van der Waals surface area contributed by atoms with E-state index in [4.69, 9.17) is 10.5 Å². The third-order valence-electron chi connectivity index (χ3n) is 1.12. The minimum Gasteiger partial charge on any atom is -0.396 e. The molecule has 0 amide bonds. The number of hydrogen-bond acceptors (Lipinski definition) is 3. The van der Waals surface area contributed by atoms with Gasteiger partial charge in [0.1, 0.15) is 0 Å². The van der Waals surface area contributed by atoms with Gasteiger partial charge in [-0.1, -0.05) is 6.92 Å². The van der Waals surface area contributed by atoms with Crippen LogP contribution >= 0.6 is 11.8 Å². The van der Waals surface area contributed by atoms with Crippen molar-refractivity contribution in [1.29, 1.82) is 5.41 Å². The maximum Gasteiger partial charge on any atom is 0.0506 e. The molecular formula is C6H13NOS. The second kappa shape index (κ2) is 6.11. The van der Waals surface area contributed by atoms with Gasteiger partial charge in [-0.2, -0.15) is 0 Å². The van der Waals surface area contributed by atoms with Gasteiger partial charge in [0.15, 0.2) is 0 Å². The lowest BCUT2D eigenvalue weighted by Gasteiger charge is -2.03. The van der Waals surface area contributed by atoms with Gasteiger partial charge in [0.25, 0.3) is 0 Å². The van der Waals surface area contributed by atoms with Gasteiger partial charge in [-0.3, -0.25) is 0 Å². The van der Waals surface area contributed by atoms with Crippen molar-refractivity contribution in [3.05, 3.63) is 0 Å². The van der Waals surface area contributed by atoms with Gasteiger partial charge < -0.3 is 10.5 Å². The van der Waals surface area contributed by atoms with Crippen LogP contribution in [-0.2, 0) is 0 Å². The lowest BCUT2D eigenvalue weighted by atomic mass is 10.1. The fourth-order valence-corrected chi connectivity index (χ4v) is 1.08. The standard InChI is InChI=1S/C6H13NOS/c1-6(4-8)2-3-9-5-7/h5-8H,2-4H2,1H3. The molecule has 0 aromatic carbocycles. The number of thioether (sulfide) groups is 1. The van der Waals surface area contributed by atoms with Crippen molar-refractivity contribution >= 4 is 17.3 Å². The summed E-state index contributed by atoms with van der Waals surface area (Å²) in [6.45, 7) is 2.27. The fraction of sp³-hybridized carbons (Fsp3) is 0.833. The van der Waals surface area contributed by atoms with Crippen LogP contribution in [0.15, 0.2) is 0 Å². The quantitative estimate of drug-likeness (QED) is 0.350. The van der Waals surface area contributed by atoms with Gasteiger partial charge >= 0.3 is 0 Å². The summed E-state index contributed by atoms with van der Waals surface area (Å²) in [6.07, 6.45) is 0.997. The predicted octanol–water partition coefficient (Wildman–Crippen LogP) is 1.35. The Morgan fingerprint density at radius 1 is 1.78 bits per heavy atom. The Morgan fingerprint density at radius 2 is 2.44 bits per heavy atom. The van der Waals surface area contributed by atoms with E-state index in [1.54, 1.807) is 0 Å². The van der Waals surface area contributed by atoms with Gasteiger partial charge in [-0.05, 0) is 18.1 Å². The summed E-state index contributed by atoms with van der Waals surface area (Å²) < 4.78 is 0. The van der Waals surface area contributed by atoms with E-state index in [-0.39, 0.29) is 6.61 Å². The van der Waals surface area contributed by atoms with Crippen LogP contribution < -0.4 is 0 Å². The number of nitrogens with one attached hydrogen (secondary N) is 1. The third-order valence-corrected chi connectivity index (χ3v) is 1.76. The van der Waals surface area contributed by atoms with Gasteiger partial charge in [0, 0.05) is 6.61 Å². The fourth-order valence-electron chi connectivity index (χ4n) is 0.419. The van der Waals surface area contributed by atoms with Crippen LogP contribution in [0.2, 0.25) is 0 Å². The monoisotopic (exact) mass is 147 g/mol. The average molecular weight is 147 g/mol. The molecule has 0 aliphatic carbocycles. The van der Waals surface area contributed by atoms with Crippen LogP contribution in [0.25, 0.3) is 0 Å². The molecule has 0 saturated heterocycles. The van der Waals surface area contributed by atoms with E-state index < -0.39 is 0 Å². The van der Waals surface area contributed by atoms with Crippen molar-refractivity contribution in [3.8, 4) is 0 Å². The summed E-state index contributed by atoms with van der Waals surface area (Å²) in [5.74, 6) is 1.34. The molecular weight excluding hydrogens is 134 g/mol. The van der Waals surface area contributed by atoms with Crippen LogP contribution in [0.3, 0.4) is 0 Å². The Bertz CT molecular complexity index is 77.5. The van der Waals surface area contributed by atoms with Crippen molar-refractivity contribution in [3.63, 3.8) is 0 Å². The summed E-state index contributed by atoms with van der Waals surface area (Å²) >= 11 is 1.48. The smallest absolute Gasteiger partial charge is 0.0506 e. The summed E-state index contributed by atoms with van der Waals surface area (Å²) in [4.78, 5) is 0. The van der Waals surface area contributed by atoms with Crippen molar-refractivity contribution in [1.82, 2.24) is 0 Å². The molecule has 0 heterocycles. The predicted molar refractivity (Wildman–Crippen MR) is 42.1 cm³/mol. The molecule has 3 heteroatoms. The van der Waals surface area contributed by atoms with Gasteiger partial charge in [0.05, 0.1) is 5.55 Å². The van der Waals surface area contributed by atoms with E-state index in [1.807, 2.05) is 6.92 Å². The Morgan fingerprint density at radius 3 is 2.89 bits per heavy atom. The molecule has 0 spiro atoms. The summed E-state index contributed by atoms with van der Waals surface area (Å²) in [5, 5.41) is 15.2. The van der Waals surface area contributed by atoms with Gasteiger partial charge in [-0.25, -0.2) is 0 Å². The highest BCUT2D eigenvalue weighted by atomic mass is 32.2. The lowest BCUT2D eigenvalue weighted by Crippen LogP contribution is -2.01. The minimum absolute atomic E-state index is 0.262. The molecule has 0 radical (unpaired) electrons. The zero-order valence-corrected chi connectivity index (χ0v) is 6.45. The van der Waals surface area contributed by atoms with E-state index in [0.29, 0.717) is 5.92 Å². The molecule has 0 rings (SSSR count). The SMILES string of the molecule is CC(CO)CCSC=N. The maximum absolute atomic E-state index is 8.57. The highest BCUT2D eigenvalue weighted by Gasteiger charge is 1.97. The first kappa shape index (κ1) is 8.98. The van der Waals surface area contributed by atoms with Crippen molar-refractivity contribution < 1.29 is 5.11 Å². The largest absolute Gasteiger partial charge is 0.396 e. The van der Waals surface area contributed by atoms with E-state index in [2.05, 4.69) is 0 Å². The van der Waals surface area contributed by atoms with E-state index in [1.165, 1.54) is 17.3 Å². The zero-order valence-electron chi connectivity index (χ0n) is 5.63. The molecule has 0 bridgehead atoms. The third kappa shape index (κ3) is 5.86. The first-order chi connectivity index (χ1) is 4.31. The first-order valence-corrected chi connectivity index (χ1v) is 4.07. The summed E-state index contributed by atoms with van der Waals surface area (Å²) in [7, 11) is 0. The van der Waals surface area contributed by atoms with Gasteiger partial charge in [0.2, 0.25) is 0 Å². The van der Waals surface area contributed by atoms with E-state index in [0.717, 1.165) is 12.2 Å². The molecule has 0 aliphatic heterocycles. The zero-order chi connectivity index (χ0) is 7.11. The van der Waals surface area contributed by atoms with E-state index >= 15 is 0 Å². The molecule has 0 fully saturated rings. The second-order valence-electron chi connectivity index (χ2n) is 2.07. The summed E-state index contributed by atoms with van der Waals surface area (Å²) in [5.41, 5.74) is 1.34. The Hall–Kier alpha value is -0.0200. The van der Waals surface area contributed by atoms with Crippen LogP contribution in [0.4, 0.5) is 0 Å². The van der Waals surface area contributed by atoms with Crippen LogP contribution in [0.1, 0.15) is 13.3 Å². The normalized spacial score (nSPS) is 13.1. The number of aliphatic hydroxyl groups excluding tert-OH is 1. The molecule has 0 aliphatic rings. The van der Waals surface area contributed by atoms with Crippen LogP contribution in [-0.4, -0.2) is 23.0 Å². The first-order valence-electron chi connectivity index (χ1n) is 3.02. The van der Waals surface area contributed by atoms with Gasteiger partial charge in [-0.15, -0.1) is 11.8 Å². The number of aliphatic hydroxyl groups is 1. The second-order valence-corrected chi connectivity index (χ2v) is 3.04. The average Bonchev–Trinajstić information content (AvgIpc) is 1.89. The molecule has 0 aromatic heterocycles. The maximum atomic E-state index is 8.57. The molecule has 54 valence electrons. The lowest BCUT2D eigenvalue weighted by molar-refractivity contribution is 0.235. The summed E-state index contributed by atoms with van der Waals surface area (Å²) in [6, 6.07) is 0. The topological polar surface area (TPSA) is 44.1 Å². The van der Waals surface area contributed by atoms with Crippen molar-refractivity contribution in [2.45, 2.75) is 13.3 Å². The van der Waals surface area contributed by atoms with E-state index in [9.17, 15) is 0 Å². The highest BCUT2D eigenvalue weighted by Crippen LogP contribution is 2.05. The number of rotatable bonds is 5. The van der Waals surface area contributed by atoms with Crippen molar-refractivity contribution in [2.75, 3.05) is 12.4 Å². The molecule has 0 aromatic rings. The number of hydrogen-bond donors (Lipinski definition) is 2. The Balaban J connectivity index is 2.96. The van der Waals surface area contributed by atoms with Crippen LogP contribution in [0.5, 0.6) is 0 Å². The van der Waals surface area contributed by atoms with Crippen molar-refractivity contribution in [2.24, 2.45) is 5.92 Å². The molecule has 1 unspecified atom stereocenters. The highest BCUT2D eigenvalue weighted by molar-refractivity contribution is 8.11. The molecule has 1 atom stereocenters. The van der Waals surface area contributed by atoms with Crippen LogP contribution in [0, 0.1) is 11.3 Å².